The van der Waals surface area contributed by atoms with Gasteiger partial charge in [0.05, 0.1) is 24.0 Å². The van der Waals surface area contributed by atoms with Crippen molar-refractivity contribution in [2.24, 2.45) is 0 Å². The average Bonchev–Trinajstić information content (AvgIpc) is 3.25. The highest BCUT2D eigenvalue weighted by molar-refractivity contribution is 7.09. The number of ether oxygens (including phenoxy) is 1. The van der Waals surface area contributed by atoms with Crippen molar-refractivity contribution in [3.8, 4) is 11.4 Å². The lowest BCUT2D eigenvalue weighted by Crippen LogP contribution is -2.05. The molecule has 6 heteroatoms. The van der Waals surface area contributed by atoms with E-state index >= 15 is 0 Å². The van der Waals surface area contributed by atoms with E-state index in [9.17, 15) is 0 Å². The second kappa shape index (κ2) is 6.36. The number of aromatic nitrogens is 4. The van der Waals surface area contributed by atoms with E-state index in [-0.39, 0.29) is 0 Å². The van der Waals surface area contributed by atoms with Gasteiger partial charge in [0.2, 0.25) is 0 Å². The van der Waals surface area contributed by atoms with E-state index in [1.54, 1.807) is 18.4 Å². The van der Waals surface area contributed by atoms with Gasteiger partial charge in [0.1, 0.15) is 11.6 Å². The molecule has 124 valence electrons. The second-order valence-electron chi connectivity index (χ2n) is 6.13. The minimum Gasteiger partial charge on any atom is -0.497 e. The number of methoxy groups -OCH3 is 1. The molecule has 1 fully saturated rings. The molecule has 0 unspecified atom stereocenters. The summed E-state index contributed by atoms with van der Waals surface area (Å²) in [5.74, 6) is 3.41. The molecule has 1 aliphatic carbocycles. The summed E-state index contributed by atoms with van der Waals surface area (Å²) < 4.78 is 7.24. The van der Waals surface area contributed by atoms with Crippen molar-refractivity contribution in [3.05, 3.63) is 52.0 Å². The monoisotopic (exact) mass is 340 g/mol. The zero-order valence-corrected chi connectivity index (χ0v) is 14.7. The standard InChI is InChI=1S/C18H20N4OS/c1-12-16(24-11-19-12)9-10-17-20-18(13-3-4-13)21-22(17)14-5-7-15(23-2)8-6-14/h5-8,11,13H,3-4,9-10H2,1-2H3. The molecule has 0 radical (unpaired) electrons. The van der Waals surface area contributed by atoms with Crippen LogP contribution in [-0.2, 0) is 12.8 Å². The number of benzene rings is 1. The molecule has 1 aromatic carbocycles. The van der Waals surface area contributed by atoms with E-state index in [1.807, 2.05) is 34.5 Å². The lowest BCUT2D eigenvalue weighted by molar-refractivity contribution is 0.414. The van der Waals surface area contributed by atoms with Crippen LogP contribution >= 0.6 is 11.3 Å². The highest BCUT2D eigenvalue weighted by Gasteiger charge is 2.29. The van der Waals surface area contributed by atoms with Gasteiger partial charge in [0.25, 0.3) is 0 Å². The molecule has 0 spiro atoms. The summed E-state index contributed by atoms with van der Waals surface area (Å²) in [5.41, 5.74) is 4.07. The van der Waals surface area contributed by atoms with Gasteiger partial charge in [0.15, 0.2) is 5.82 Å². The maximum atomic E-state index is 5.25. The Labute approximate surface area is 145 Å². The summed E-state index contributed by atoms with van der Waals surface area (Å²) in [5, 5.41) is 4.77. The SMILES string of the molecule is COc1ccc(-n2nc(C3CC3)nc2CCc2scnc2C)cc1. The van der Waals surface area contributed by atoms with E-state index in [0.29, 0.717) is 5.92 Å². The van der Waals surface area contributed by atoms with Crippen molar-refractivity contribution in [2.45, 2.75) is 38.5 Å². The van der Waals surface area contributed by atoms with Gasteiger partial charge in [-0.25, -0.2) is 14.6 Å². The second-order valence-corrected chi connectivity index (χ2v) is 7.07. The van der Waals surface area contributed by atoms with Gasteiger partial charge in [-0.2, -0.15) is 5.10 Å². The van der Waals surface area contributed by atoms with E-state index in [4.69, 9.17) is 14.8 Å². The Morgan fingerprint density at radius 3 is 2.62 bits per heavy atom. The van der Waals surface area contributed by atoms with Crippen molar-refractivity contribution in [1.82, 2.24) is 19.7 Å². The lowest BCUT2D eigenvalue weighted by atomic mass is 10.2. The quantitative estimate of drug-likeness (QED) is 0.686. The molecule has 0 aliphatic heterocycles. The summed E-state index contributed by atoms with van der Waals surface area (Å²) in [6, 6.07) is 7.99. The van der Waals surface area contributed by atoms with Gasteiger partial charge in [-0.1, -0.05) is 0 Å². The summed E-state index contributed by atoms with van der Waals surface area (Å²) in [6.07, 6.45) is 4.24. The molecule has 3 aromatic rings. The van der Waals surface area contributed by atoms with E-state index in [1.165, 1.54) is 17.7 Å². The smallest absolute Gasteiger partial charge is 0.154 e. The van der Waals surface area contributed by atoms with Crippen molar-refractivity contribution in [2.75, 3.05) is 7.11 Å². The Bertz CT molecular complexity index is 833. The molecule has 0 N–H and O–H groups in total. The van der Waals surface area contributed by atoms with Crippen molar-refractivity contribution in [3.63, 3.8) is 0 Å². The first-order valence-electron chi connectivity index (χ1n) is 8.24. The topological polar surface area (TPSA) is 52.8 Å². The van der Waals surface area contributed by atoms with Crippen LogP contribution in [0.2, 0.25) is 0 Å². The number of rotatable bonds is 6. The predicted octanol–water partition coefficient (Wildman–Crippen LogP) is 3.70. The summed E-state index contributed by atoms with van der Waals surface area (Å²) in [7, 11) is 1.68. The molecule has 4 rings (SSSR count). The van der Waals surface area contributed by atoms with Crippen LogP contribution in [0.15, 0.2) is 29.8 Å². The molecule has 0 amide bonds. The van der Waals surface area contributed by atoms with Gasteiger partial charge >= 0.3 is 0 Å². The van der Waals surface area contributed by atoms with Crippen LogP contribution < -0.4 is 4.74 Å². The molecule has 5 nitrogen and oxygen atoms in total. The number of hydrogen-bond donors (Lipinski definition) is 0. The largest absolute Gasteiger partial charge is 0.497 e. The highest BCUT2D eigenvalue weighted by Crippen LogP contribution is 2.38. The Balaban J connectivity index is 1.62. The van der Waals surface area contributed by atoms with Gasteiger partial charge in [-0.3, -0.25) is 0 Å². The van der Waals surface area contributed by atoms with Crippen molar-refractivity contribution < 1.29 is 4.74 Å². The first kappa shape index (κ1) is 15.3. The first-order chi connectivity index (χ1) is 11.7. The fourth-order valence-corrected chi connectivity index (χ4v) is 3.54. The molecule has 0 bridgehead atoms. The van der Waals surface area contributed by atoms with E-state index in [0.717, 1.165) is 41.6 Å². The third-order valence-electron chi connectivity index (χ3n) is 4.37. The van der Waals surface area contributed by atoms with Crippen LogP contribution in [-0.4, -0.2) is 26.9 Å². The van der Waals surface area contributed by atoms with Crippen LogP contribution in [0, 0.1) is 6.92 Å². The Morgan fingerprint density at radius 2 is 2.00 bits per heavy atom. The van der Waals surface area contributed by atoms with Crippen molar-refractivity contribution in [1.29, 1.82) is 0 Å². The maximum absolute atomic E-state index is 5.25. The van der Waals surface area contributed by atoms with Gasteiger partial charge < -0.3 is 4.74 Å². The molecule has 0 saturated heterocycles. The predicted molar refractivity (Wildman–Crippen MR) is 94.1 cm³/mol. The van der Waals surface area contributed by atoms with E-state index < -0.39 is 0 Å². The van der Waals surface area contributed by atoms with Crippen LogP contribution in [0.5, 0.6) is 5.75 Å². The van der Waals surface area contributed by atoms with Gasteiger partial charge in [-0.15, -0.1) is 11.3 Å². The third kappa shape index (κ3) is 3.06. The first-order valence-corrected chi connectivity index (χ1v) is 9.12. The Kier molecular flexibility index (Phi) is 4.06. The molecular weight excluding hydrogens is 320 g/mol. The summed E-state index contributed by atoms with van der Waals surface area (Å²) in [4.78, 5) is 10.5. The van der Waals surface area contributed by atoms with Crippen LogP contribution in [0.25, 0.3) is 5.69 Å². The number of thiazole rings is 1. The van der Waals surface area contributed by atoms with Gasteiger partial charge in [0, 0.05) is 17.2 Å². The third-order valence-corrected chi connectivity index (χ3v) is 5.37. The van der Waals surface area contributed by atoms with Gasteiger partial charge in [-0.05, 0) is 50.5 Å². The average molecular weight is 340 g/mol. The van der Waals surface area contributed by atoms with E-state index in [2.05, 4.69) is 11.9 Å². The molecular formula is C18H20N4OS. The lowest BCUT2D eigenvalue weighted by Gasteiger charge is -2.07. The zero-order valence-electron chi connectivity index (χ0n) is 13.9. The fourth-order valence-electron chi connectivity index (χ4n) is 2.76. The zero-order chi connectivity index (χ0) is 16.5. The summed E-state index contributed by atoms with van der Waals surface area (Å²) in [6.45, 7) is 2.07. The molecule has 1 aliphatic rings. The minimum absolute atomic E-state index is 0.549. The number of hydrogen-bond acceptors (Lipinski definition) is 5. The van der Waals surface area contributed by atoms with Crippen LogP contribution in [0.4, 0.5) is 0 Å². The minimum atomic E-state index is 0.549. The number of nitrogens with zero attached hydrogens (tertiary/aromatic N) is 4. The van der Waals surface area contributed by atoms with Crippen LogP contribution in [0.1, 0.15) is 41.0 Å². The fraction of sp³-hybridized carbons (Fsp3) is 0.389. The van der Waals surface area contributed by atoms with Crippen molar-refractivity contribution >= 4 is 11.3 Å². The summed E-state index contributed by atoms with van der Waals surface area (Å²) >= 11 is 1.72. The molecule has 1 saturated carbocycles. The highest BCUT2D eigenvalue weighted by atomic mass is 32.1. The molecule has 24 heavy (non-hydrogen) atoms. The number of aryl methyl sites for hydroxylation is 3. The Morgan fingerprint density at radius 1 is 1.21 bits per heavy atom. The molecule has 0 atom stereocenters. The van der Waals surface area contributed by atoms with Crippen LogP contribution in [0.3, 0.4) is 0 Å². The maximum Gasteiger partial charge on any atom is 0.154 e. The molecule has 2 aromatic heterocycles. The molecule has 2 heterocycles. The normalized spacial score (nSPS) is 14.1. The Hall–Kier alpha value is -2.21.